The van der Waals surface area contributed by atoms with E-state index in [1.165, 1.54) is 10.4 Å². The molecule has 7 heteroatoms. The monoisotopic (exact) mass is 459 g/mol. The summed E-state index contributed by atoms with van der Waals surface area (Å²) in [6.45, 7) is 8.69. The number of thiazole rings is 1. The average molecular weight is 459 g/mol. The Kier molecular flexibility index (Phi) is 9.85. The molecule has 132 valence electrons. The van der Waals surface area contributed by atoms with Crippen molar-refractivity contribution >= 4 is 41.3 Å². The molecule has 24 heavy (non-hydrogen) atoms. The molecule has 0 atom stereocenters. The van der Waals surface area contributed by atoms with Crippen LogP contribution in [0.2, 0.25) is 0 Å². The zero-order chi connectivity index (χ0) is 16.5. The first-order valence-corrected chi connectivity index (χ1v) is 8.84. The fourth-order valence-corrected chi connectivity index (χ4v) is 3.05. The summed E-state index contributed by atoms with van der Waals surface area (Å²) in [5.74, 6) is 0.862. The Morgan fingerprint density at radius 2 is 2.08 bits per heavy atom. The summed E-state index contributed by atoms with van der Waals surface area (Å²) in [5, 5.41) is 7.81. The number of aromatic nitrogens is 2. The maximum Gasteiger partial charge on any atom is 0.191 e. The summed E-state index contributed by atoms with van der Waals surface area (Å²) in [7, 11) is 0. The van der Waals surface area contributed by atoms with Gasteiger partial charge < -0.3 is 10.6 Å². The van der Waals surface area contributed by atoms with E-state index in [0.717, 1.165) is 49.1 Å². The Balaban J connectivity index is 0.00000288. The molecule has 0 amide bonds. The van der Waals surface area contributed by atoms with Crippen molar-refractivity contribution in [3.05, 3.63) is 45.7 Å². The Labute approximate surface area is 165 Å². The molecule has 0 saturated heterocycles. The molecular weight excluding hydrogens is 433 g/mol. The van der Waals surface area contributed by atoms with Gasteiger partial charge in [0.05, 0.1) is 10.7 Å². The van der Waals surface area contributed by atoms with Crippen LogP contribution in [0.15, 0.2) is 29.5 Å². The molecule has 0 aliphatic heterocycles. The van der Waals surface area contributed by atoms with Gasteiger partial charge in [0.25, 0.3) is 0 Å². The number of hydrogen-bond donors (Lipinski definition) is 2. The van der Waals surface area contributed by atoms with E-state index in [2.05, 4.69) is 52.4 Å². The van der Waals surface area contributed by atoms with Gasteiger partial charge in [-0.2, -0.15) is 0 Å². The number of hydrogen-bond acceptors (Lipinski definition) is 4. The highest BCUT2D eigenvalue weighted by molar-refractivity contribution is 14.0. The first kappa shape index (κ1) is 20.8. The third kappa shape index (κ3) is 7.12. The minimum absolute atomic E-state index is 0. The lowest BCUT2D eigenvalue weighted by Crippen LogP contribution is -2.38. The van der Waals surface area contributed by atoms with Crippen LogP contribution in [0.5, 0.6) is 0 Å². The van der Waals surface area contributed by atoms with E-state index in [1.807, 2.05) is 12.3 Å². The minimum Gasteiger partial charge on any atom is -0.357 e. The normalized spacial score (nSPS) is 11.0. The van der Waals surface area contributed by atoms with Crippen LogP contribution in [0.4, 0.5) is 0 Å². The van der Waals surface area contributed by atoms with Gasteiger partial charge in [-0.15, -0.1) is 35.3 Å². The highest BCUT2D eigenvalue weighted by Gasteiger charge is 2.03. The third-order valence-electron chi connectivity index (χ3n) is 3.44. The molecule has 0 spiro atoms. The van der Waals surface area contributed by atoms with Gasteiger partial charge in [0.15, 0.2) is 5.96 Å². The molecule has 0 aromatic carbocycles. The van der Waals surface area contributed by atoms with Crippen LogP contribution < -0.4 is 10.6 Å². The summed E-state index contributed by atoms with van der Waals surface area (Å²) < 4.78 is 0. The van der Waals surface area contributed by atoms with Crippen LogP contribution in [0, 0.1) is 13.8 Å². The van der Waals surface area contributed by atoms with Crippen LogP contribution >= 0.6 is 35.3 Å². The fraction of sp³-hybridized carbons (Fsp3) is 0.471. The van der Waals surface area contributed by atoms with Gasteiger partial charge in [-0.1, -0.05) is 6.07 Å². The molecule has 0 aliphatic carbocycles. The Bertz CT molecular complexity index is 608. The van der Waals surface area contributed by atoms with Gasteiger partial charge >= 0.3 is 0 Å². The van der Waals surface area contributed by atoms with Crippen molar-refractivity contribution < 1.29 is 0 Å². The number of guanidine groups is 1. The number of rotatable bonds is 7. The maximum atomic E-state index is 4.62. The van der Waals surface area contributed by atoms with E-state index in [4.69, 9.17) is 0 Å². The zero-order valence-corrected chi connectivity index (χ0v) is 17.6. The highest BCUT2D eigenvalue weighted by Crippen LogP contribution is 2.16. The second-order valence-electron chi connectivity index (χ2n) is 5.30. The summed E-state index contributed by atoms with van der Waals surface area (Å²) in [4.78, 5) is 14.6. The molecule has 0 aliphatic rings. The van der Waals surface area contributed by atoms with Crippen LogP contribution in [-0.4, -0.2) is 35.6 Å². The van der Waals surface area contributed by atoms with E-state index >= 15 is 0 Å². The van der Waals surface area contributed by atoms with Gasteiger partial charge in [0.1, 0.15) is 0 Å². The van der Waals surface area contributed by atoms with Crippen molar-refractivity contribution in [2.24, 2.45) is 4.99 Å². The number of nitrogens with zero attached hydrogens (tertiary/aromatic N) is 3. The molecule has 2 rings (SSSR count). The number of halogens is 1. The van der Waals surface area contributed by atoms with Gasteiger partial charge in [-0.3, -0.25) is 9.98 Å². The van der Waals surface area contributed by atoms with Gasteiger partial charge in [0.2, 0.25) is 0 Å². The first-order valence-electron chi connectivity index (χ1n) is 8.03. The molecule has 2 N–H and O–H groups in total. The second-order valence-corrected chi connectivity index (χ2v) is 6.59. The highest BCUT2D eigenvalue weighted by atomic mass is 127. The van der Waals surface area contributed by atoms with Crippen molar-refractivity contribution in [3.63, 3.8) is 0 Å². The van der Waals surface area contributed by atoms with E-state index < -0.39 is 0 Å². The van der Waals surface area contributed by atoms with E-state index in [0.29, 0.717) is 0 Å². The summed E-state index contributed by atoms with van der Waals surface area (Å²) in [5.41, 5.74) is 2.36. The summed E-state index contributed by atoms with van der Waals surface area (Å²) in [6, 6.07) is 4.05. The summed E-state index contributed by atoms with van der Waals surface area (Å²) >= 11 is 1.77. The molecule has 2 aromatic rings. The molecule has 2 aromatic heterocycles. The predicted molar refractivity (Wildman–Crippen MR) is 113 cm³/mol. The van der Waals surface area contributed by atoms with Gasteiger partial charge in [-0.25, -0.2) is 4.98 Å². The van der Waals surface area contributed by atoms with Crippen LogP contribution in [0.3, 0.4) is 0 Å². The molecule has 0 radical (unpaired) electrons. The Hall–Kier alpha value is -1.22. The smallest absolute Gasteiger partial charge is 0.191 e. The van der Waals surface area contributed by atoms with Crippen molar-refractivity contribution in [3.8, 4) is 0 Å². The molecule has 0 bridgehead atoms. The van der Waals surface area contributed by atoms with Crippen LogP contribution in [0.1, 0.15) is 28.1 Å². The molecule has 2 heterocycles. The fourth-order valence-electron chi connectivity index (χ4n) is 2.12. The Morgan fingerprint density at radius 3 is 2.71 bits per heavy atom. The van der Waals surface area contributed by atoms with E-state index in [1.54, 1.807) is 17.5 Å². The lowest BCUT2D eigenvalue weighted by atomic mass is 10.2. The van der Waals surface area contributed by atoms with Crippen LogP contribution in [-0.2, 0) is 12.8 Å². The standard InChI is InChI=1S/C17H25N5S.HI/c1-4-19-17(20-10-7-15-6-5-9-18-12-15)21-11-8-16-22-13(2)14(3)23-16;/h5-6,9,12H,4,7-8,10-11H2,1-3H3,(H2,19,20,21);1H. The van der Waals surface area contributed by atoms with Crippen molar-refractivity contribution in [2.45, 2.75) is 33.6 Å². The quantitative estimate of drug-likeness (QED) is 0.380. The van der Waals surface area contributed by atoms with Crippen molar-refractivity contribution in [2.75, 3.05) is 19.6 Å². The maximum absolute atomic E-state index is 4.62. The average Bonchev–Trinajstić information content (AvgIpc) is 2.86. The summed E-state index contributed by atoms with van der Waals surface area (Å²) in [6.07, 6.45) is 5.52. The third-order valence-corrected chi connectivity index (χ3v) is 4.57. The number of aliphatic imine (C=N–C) groups is 1. The topological polar surface area (TPSA) is 62.2 Å². The Morgan fingerprint density at radius 1 is 1.25 bits per heavy atom. The van der Waals surface area contributed by atoms with Crippen LogP contribution in [0.25, 0.3) is 0 Å². The molecule has 0 fully saturated rings. The number of pyridine rings is 1. The lowest BCUT2D eigenvalue weighted by molar-refractivity contribution is 0.794. The van der Waals surface area contributed by atoms with E-state index in [9.17, 15) is 0 Å². The number of aryl methyl sites for hydroxylation is 2. The first-order chi connectivity index (χ1) is 11.2. The SMILES string of the molecule is CCNC(=NCCc1nc(C)c(C)s1)NCCc1cccnc1.I. The molecular formula is C17H26IN5S. The second kappa shape index (κ2) is 11.4. The van der Waals surface area contributed by atoms with E-state index in [-0.39, 0.29) is 24.0 Å². The van der Waals surface area contributed by atoms with Gasteiger partial charge in [0, 0.05) is 43.3 Å². The molecule has 0 saturated carbocycles. The minimum atomic E-state index is 0. The largest absolute Gasteiger partial charge is 0.357 e. The molecule has 5 nitrogen and oxygen atoms in total. The molecule has 0 unspecified atom stereocenters. The van der Waals surface area contributed by atoms with Crippen molar-refractivity contribution in [1.29, 1.82) is 0 Å². The number of nitrogens with one attached hydrogen (secondary N) is 2. The van der Waals surface area contributed by atoms with Crippen molar-refractivity contribution in [1.82, 2.24) is 20.6 Å². The lowest BCUT2D eigenvalue weighted by Gasteiger charge is -2.11. The zero-order valence-electron chi connectivity index (χ0n) is 14.5. The van der Waals surface area contributed by atoms with Gasteiger partial charge in [-0.05, 0) is 38.8 Å². The predicted octanol–water partition coefficient (Wildman–Crippen LogP) is 3.11.